The molecule has 86 valence electrons. The van der Waals surface area contributed by atoms with Crippen LogP contribution in [0.3, 0.4) is 0 Å². The maximum atomic E-state index is 5.85. The Morgan fingerprint density at radius 1 is 1.41 bits per heavy atom. The summed E-state index contributed by atoms with van der Waals surface area (Å²) < 4.78 is 7.20. The van der Waals surface area contributed by atoms with Gasteiger partial charge in [0.05, 0.1) is 6.20 Å². The lowest BCUT2D eigenvalue weighted by atomic mass is 10.4. The summed E-state index contributed by atoms with van der Waals surface area (Å²) in [6.07, 6.45) is 3.39. The molecule has 0 amide bonds. The number of aryl methyl sites for hydroxylation is 1. The molecule has 0 bridgehead atoms. The topological polar surface area (TPSA) is 82.8 Å². The van der Waals surface area contributed by atoms with Crippen molar-refractivity contribution in [3.63, 3.8) is 0 Å². The van der Waals surface area contributed by atoms with Crippen molar-refractivity contribution >= 4 is 17.1 Å². The average Bonchev–Trinajstić information content (AvgIpc) is 2.85. The monoisotopic (exact) mass is 229 g/mol. The predicted octanol–water partition coefficient (Wildman–Crippen LogP) is 1.36. The van der Waals surface area contributed by atoms with Gasteiger partial charge in [-0.05, 0) is 19.1 Å². The third-order valence-electron chi connectivity index (χ3n) is 2.50. The first-order chi connectivity index (χ1) is 8.24. The molecule has 3 heterocycles. The lowest BCUT2D eigenvalue weighted by molar-refractivity contribution is 0.460. The van der Waals surface area contributed by atoms with E-state index < -0.39 is 0 Å². The maximum Gasteiger partial charge on any atom is 0.214 e. The first-order valence-electron chi connectivity index (χ1n) is 5.22. The highest BCUT2D eigenvalue weighted by atomic mass is 16.4. The van der Waals surface area contributed by atoms with Crippen LogP contribution in [0.15, 0.2) is 28.9 Å². The summed E-state index contributed by atoms with van der Waals surface area (Å²) in [6, 6.07) is 3.70. The molecule has 0 unspecified atom stereocenters. The molecule has 3 aromatic heterocycles. The molecular weight excluding hydrogens is 218 g/mol. The average molecular weight is 229 g/mol. The molecule has 0 saturated heterocycles. The summed E-state index contributed by atoms with van der Waals surface area (Å²) in [5.74, 6) is 1.78. The number of anilines is 1. The highest BCUT2D eigenvalue weighted by molar-refractivity contribution is 5.73. The first-order valence-corrected chi connectivity index (χ1v) is 5.22. The minimum atomic E-state index is 0.412. The Hall–Kier alpha value is -2.37. The predicted molar refractivity (Wildman–Crippen MR) is 62.3 cm³/mol. The highest BCUT2D eigenvalue weighted by Gasteiger charge is 2.11. The summed E-state index contributed by atoms with van der Waals surface area (Å²) >= 11 is 0. The van der Waals surface area contributed by atoms with Gasteiger partial charge in [-0.15, -0.1) is 0 Å². The number of aromatic nitrogens is 4. The molecule has 0 fully saturated rings. The van der Waals surface area contributed by atoms with Gasteiger partial charge in [-0.1, -0.05) is 0 Å². The molecule has 0 aromatic carbocycles. The number of nitrogens with zero attached hydrogens (tertiary/aromatic N) is 4. The lowest BCUT2D eigenvalue weighted by Gasteiger charge is -2.01. The van der Waals surface area contributed by atoms with Gasteiger partial charge in [-0.3, -0.25) is 4.57 Å². The Labute approximate surface area is 97.1 Å². The van der Waals surface area contributed by atoms with Crippen molar-refractivity contribution in [3.05, 3.63) is 36.2 Å². The zero-order valence-electron chi connectivity index (χ0n) is 9.29. The van der Waals surface area contributed by atoms with Gasteiger partial charge in [-0.2, -0.15) is 0 Å². The fourth-order valence-corrected chi connectivity index (χ4v) is 1.74. The van der Waals surface area contributed by atoms with Gasteiger partial charge in [0, 0.05) is 6.20 Å². The van der Waals surface area contributed by atoms with Crippen LogP contribution < -0.4 is 5.73 Å². The summed E-state index contributed by atoms with van der Waals surface area (Å²) in [5, 5.41) is 0. The van der Waals surface area contributed by atoms with E-state index in [1.54, 1.807) is 17.0 Å². The number of pyridine rings is 1. The van der Waals surface area contributed by atoms with Gasteiger partial charge >= 0.3 is 0 Å². The number of hydrogen-bond donors (Lipinski definition) is 1. The fraction of sp³-hybridized carbons (Fsp3) is 0.182. The lowest BCUT2D eigenvalue weighted by Crippen LogP contribution is -2.05. The maximum absolute atomic E-state index is 5.85. The van der Waals surface area contributed by atoms with E-state index in [0.29, 0.717) is 18.4 Å². The van der Waals surface area contributed by atoms with Crippen molar-refractivity contribution in [2.45, 2.75) is 13.5 Å². The standard InChI is InChI=1S/C11H11N5O/c1-7-5-14-9(17-7)6-16-10-8(15-11(16)12)3-2-4-13-10/h2-5H,6H2,1H3,(H2,12,15). The van der Waals surface area contributed by atoms with Gasteiger partial charge < -0.3 is 10.2 Å². The number of rotatable bonds is 2. The third kappa shape index (κ3) is 1.63. The minimum Gasteiger partial charge on any atom is -0.444 e. The Bertz CT molecular complexity index is 669. The van der Waals surface area contributed by atoms with E-state index in [0.717, 1.165) is 16.9 Å². The van der Waals surface area contributed by atoms with Crippen LogP contribution in [0, 0.1) is 6.92 Å². The van der Waals surface area contributed by atoms with Crippen molar-refractivity contribution in [2.75, 3.05) is 5.73 Å². The van der Waals surface area contributed by atoms with Crippen LogP contribution in [-0.4, -0.2) is 19.5 Å². The number of imidazole rings is 1. The smallest absolute Gasteiger partial charge is 0.214 e. The van der Waals surface area contributed by atoms with Crippen LogP contribution in [0.25, 0.3) is 11.2 Å². The summed E-state index contributed by atoms with van der Waals surface area (Å²) in [4.78, 5) is 12.6. The Balaban J connectivity index is 2.08. The molecule has 3 aromatic rings. The van der Waals surface area contributed by atoms with Crippen molar-refractivity contribution in [1.29, 1.82) is 0 Å². The molecule has 6 heteroatoms. The van der Waals surface area contributed by atoms with Gasteiger partial charge in [-0.25, -0.2) is 15.0 Å². The van der Waals surface area contributed by atoms with Crippen LogP contribution in [0.1, 0.15) is 11.7 Å². The van der Waals surface area contributed by atoms with Gasteiger partial charge in [0.2, 0.25) is 11.8 Å². The number of hydrogen-bond acceptors (Lipinski definition) is 5. The van der Waals surface area contributed by atoms with Crippen LogP contribution >= 0.6 is 0 Å². The first kappa shape index (κ1) is 9.83. The molecule has 0 spiro atoms. The van der Waals surface area contributed by atoms with Crippen molar-refractivity contribution in [1.82, 2.24) is 19.5 Å². The highest BCUT2D eigenvalue weighted by Crippen LogP contribution is 2.16. The molecule has 0 aliphatic rings. The zero-order valence-corrected chi connectivity index (χ0v) is 9.29. The molecule has 17 heavy (non-hydrogen) atoms. The molecule has 3 rings (SSSR count). The summed E-state index contributed by atoms with van der Waals surface area (Å²) in [7, 11) is 0. The largest absolute Gasteiger partial charge is 0.444 e. The SMILES string of the molecule is Cc1cnc(Cn2c(N)nc3cccnc32)o1. The van der Waals surface area contributed by atoms with E-state index >= 15 is 0 Å². The second-order valence-corrected chi connectivity index (χ2v) is 3.77. The summed E-state index contributed by atoms with van der Waals surface area (Å²) in [6.45, 7) is 2.29. The van der Waals surface area contributed by atoms with Crippen LogP contribution in [0.4, 0.5) is 5.95 Å². The van der Waals surface area contributed by atoms with E-state index in [2.05, 4.69) is 15.0 Å². The summed E-state index contributed by atoms with van der Waals surface area (Å²) in [5.41, 5.74) is 7.36. The number of nitrogens with two attached hydrogens (primary N) is 1. The Kier molecular flexibility index (Phi) is 2.07. The van der Waals surface area contributed by atoms with Gasteiger partial charge in [0.15, 0.2) is 5.65 Å². The molecule has 0 saturated carbocycles. The van der Waals surface area contributed by atoms with Crippen molar-refractivity contribution in [3.8, 4) is 0 Å². The molecule has 0 aliphatic heterocycles. The Morgan fingerprint density at radius 3 is 3.06 bits per heavy atom. The second-order valence-electron chi connectivity index (χ2n) is 3.77. The van der Waals surface area contributed by atoms with E-state index in [1.165, 1.54) is 0 Å². The quantitative estimate of drug-likeness (QED) is 0.717. The minimum absolute atomic E-state index is 0.412. The van der Waals surface area contributed by atoms with Gasteiger partial charge in [0.25, 0.3) is 0 Å². The molecular formula is C11H11N5O. The third-order valence-corrected chi connectivity index (χ3v) is 2.50. The number of fused-ring (bicyclic) bond motifs is 1. The molecule has 6 nitrogen and oxygen atoms in total. The number of oxazole rings is 1. The number of nitrogen functional groups attached to an aromatic ring is 1. The Morgan fingerprint density at radius 2 is 2.29 bits per heavy atom. The normalized spacial score (nSPS) is 11.1. The van der Waals surface area contributed by atoms with E-state index in [-0.39, 0.29) is 0 Å². The zero-order chi connectivity index (χ0) is 11.8. The van der Waals surface area contributed by atoms with E-state index in [4.69, 9.17) is 10.2 Å². The second kappa shape index (κ2) is 3.58. The molecule has 0 atom stereocenters. The van der Waals surface area contributed by atoms with Crippen LogP contribution in [0.2, 0.25) is 0 Å². The molecule has 0 aliphatic carbocycles. The van der Waals surface area contributed by atoms with Gasteiger partial charge in [0.1, 0.15) is 17.8 Å². The van der Waals surface area contributed by atoms with E-state index in [9.17, 15) is 0 Å². The molecule has 2 N–H and O–H groups in total. The fourth-order valence-electron chi connectivity index (χ4n) is 1.74. The van der Waals surface area contributed by atoms with E-state index in [1.807, 2.05) is 19.1 Å². The van der Waals surface area contributed by atoms with Crippen LogP contribution in [-0.2, 0) is 6.54 Å². The van der Waals surface area contributed by atoms with Crippen LogP contribution in [0.5, 0.6) is 0 Å². The molecule has 0 radical (unpaired) electrons. The van der Waals surface area contributed by atoms with Crippen molar-refractivity contribution in [2.24, 2.45) is 0 Å². The van der Waals surface area contributed by atoms with Crippen molar-refractivity contribution < 1.29 is 4.42 Å².